The minimum absolute atomic E-state index is 0.112. The average Bonchev–Trinajstić information content (AvgIpc) is 2.09. The van der Waals surface area contributed by atoms with Crippen LogP contribution in [0.15, 0.2) is 0 Å². The first-order valence-electron chi connectivity index (χ1n) is 5.30. The Hall–Kier alpha value is -0.170. The van der Waals surface area contributed by atoms with E-state index in [-0.39, 0.29) is 12.5 Å². The predicted octanol–water partition coefficient (Wildman–Crippen LogP) is -0.0186. The fourth-order valence-electron chi connectivity index (χ4n) is 1.32. The van der Waals surface area contributed by atoms with Crippen LogP contribution in [0.25, 0.3) is 0 Å². The summed E-state index contributed by atoms with van der Waals surface area (Å²) in [6, 6.07) is 0. The van der Waals surface area contributed by atoms with Gasteiger partial charge in [0.25, 0.3) is 10.2 Å². The van der Waals surface area contributed by atoms with E-state index >= 15 is 0 Å². The minimum atomic E-state index is -3.45. The first-order valence-corrected chi connectivity index (χ1v) is 6.78. The van der Waals surface area contributed by atoms with E-state index in [1.165, 1.54) is 0 Å². The molecule has 0 amide bonds. The van der Waals surface area contributed by atoms with E-state index in [1.807, 2.05) is 13.8 Å². The van der Waals surface area contributed by atoms with Crippen LogP contribution in [0.3, 0.4) is 0 Å². The van der Waals surface area contributed by atoms with Crippen molar-refractivity contribution in [2.45, 2.75) is 38.7 Å². The molecule has 1 fully saturated rings. The summed E-state index contributed by atoms with van der Waals surface area (Å²) in [5.74, 6) is 0.272. The highest BCUT2D eigenvalue weighted by Crippen LogP contribution is 2.30. The monoisotopic (exact) mass is 236 g/mol. The van der Waals surface area contributed by atoms with Crippen LogP contribution in [0.5, 0.6) is 0 Å². The quantitative estimate of drug-likeness (QED) is 0.606. The summed E-state index contributed by atoms with van der Waals surface area (Å²) < 4.78 is 27.6. The van der Waals surface area contributed by atoms with Gasteiger partial charge in [-0.1, -0.05) is 13.8 Å². The summed E-state index contributed by atoms with van der Waals surface area (Å²) in [5, 5.41) is 9.70. The van der Waals surface area contributed by atoms with Gasteiger partial charge in [-0.05, 0) is 25.2 Å². The van der Waals surface area contributed by atoms with Gasteiger partial charge in [-0.2, -0.15) is 13.1 Å². The van der Waals surface area contributed by atoms with Crippen LogP contribution >= 0.6 is 0 Å². The predicted molar refractivity (Wildman–Crippen MR) is 58.6 cm³/mol. The fraction of sp³-hybridized carbons (Fsp3) is 1.00. The van der Waals surface area contributed by atoms with Crippen LogP contribution in [0.1, 0.15) is 33.1 Å². The van der Waals surface area contributed by atoms with Crippen molar-refractivity contribution < 1.29 is 13.5 Å². The topological polar surface area (TPSA) is 78.4 Å². The Bertz CT molecular complexity index is 296. The Morgan fingerprint density at radius 3 is 2.33 bits per heavy atom. The van der Waals surface area contributed by atoms with Gasteiger partial charge in [0, 0.05) is 13.1 Å². The molecule has 0 radical (unpaired) electrons. The van der Waals surface area contributed by atoms with Crippen LogP contribution in [-0.2, 0) is 10.2 Å². The van der Waals surface area contributed by atoms with E-state index < -0.39 is 15.8 Å². The highest BCUT2D eigenvalue weighted by Gasteiger charge is 2.35. The molecule has 0 aromatic carbocycles. The molecule has 90 valence electrons. The number of nitrogens with one attached hydrogen (secondary N) is 2. The summed E-state index contributed by atoms with van der Waals surface area (Å²) in [5.41, 5.74) is -0.813. The lowest BCUT2D eigenvalue weighted by molar-refractivity contribution is -0.0271. The third kappa shape index (κ3) is 4.46. The third-order valence-electron chi connectivity index (χ3n) is 2.56. The van der Waals surface area contributed by atoms with Gasteiger partial charge < -0.3 is 5.11 Å². The zero-order valence-corrected chi connectivity index (χ0v) is 10.1. The zero-order valence-electron chi connectivity index (χ0n) is 9.28. The van der Waals surface area contributed by atoms with Gasteiger partial charge in [0.2, 0.25) is 0 Å². The molecule has 1 rings (SSSR count). The molecule has 0 unspecified atom stereocenters. The van der Waals surface area contributed by atoms with Crippen LogP contribution in [0.4, 0.5) is 0 Å². The number of rotatable bonds is 6. The summed E-state index contributed by atoms with van der Waals surface area (Å²) in [4.78, 5) is 0. The molecule has 0 spiro atoms. The lowest BCUT2D eigenvalue weighted by Gasteiger charge is -2.36. The molecular weight excluding hydrogens is 216 g/mol. The molecule has 0 saturated heterocycles. The highest BCUT2D eigenvalue weighted by atomic mass is 32.2. The van der Waals surface area contributed by atoms with E-state index in [9.17, 15) is 13.5 Å². The molecule has 5 nitrogen and oxygen atoms in total. The van der Waals surface area contributed by atoms with Crippen molar-refractivity contribution in [1.82, 2.24) is 9.44 Å². The molecule has 0 aromatic rings. The molecule has 3 N–H and O–H groups in total. The minimum Gasteiger partial charge on any atom is -0.389 e. The van der Waals surface area contributed by atoms with Crippen molar-refractivity contribution in [1.29, 1.82) is 0 Å². The molecule has 0 aromatic heterocycles. The molecule has 6 heteroatoms. The van der Waals surface area contributed by atoms with Crippen molar-refractivity contribution in [2.75, 3.05) is 13.1 Å². The van der Waals surface area contributed by atoms with Crippen molar-refractivity contribution in [2.24, 2.45) is 5.92 Å². The molecule has 1 aliphatic rings. The number of hydrogen-bond acceptors (Lipinski definition) is 3. The Morgan fingerprint density at radius 1 is 1.33 bits per heavy atom. The van der Waals surface area contributed by atoms with E-state index in [2.05, 4.69) is 9.44 Å². The van der Waals surface area contributed by atoms with Crippen LogP contribution < -0.4 is 9.44 Å². The Balaban J connectivity index is 2.29. The average molecular weight is 236 g/mol. The first-order chi connectivity index (χ1) is 6.83. The largest absolute Gasteiger partial charge is 0.389 e. The van der Waals surface area contributed by atoms with Crippen molar-refractivity contribution in [3.8, 4) is 0 Å². The van der Waals surface area contributed by atoms with E-state index in [0.29, 0.717) is 19.4 Å². The van der Waals surface area contributed by atoms with Gasteiger partial charge in [-0.3, -0.25) is 0 Å². The SMILES string of the molecule is CC(C)CNS(=O)(=O)NCC1(O)CCC1. The number of aliphatic hydroxyl groups is 1. The second-order valence-electron chi connectivity index (χ2n) is 4.64. The number of hydrogen-bond donors (Lipinski definition) is 3. The lowest BCUT2D eigenvalue weighted by atomic mass is 9.81. The molecular formula is C9H20N2O3S. The fourth-order valence-corrected chi connectivity index (χ4v) is 2.43. The van der Waals surface area contributed by atoms with E-state index in [1.54, 1.807) is 0 Å². The highest BCUT2D eigenvalue weighted by molar-refractivity contribution is 7.87. The first kappa shape index (κ1) is 12.9. The molecule has 1 saturated carbocycles. The van der Waals surface area contributed by atoms with Gasteiger partial charge >= 0.3 is 0 Å². The van der Waals surface area contributed by atoms with Gasteiger partial charge in [-0.15, -0.1) is 0 Å². The van der Waals surface area contributed by atoms with E-state index in [4.69, 9.17) is 0 Å². The Kier molecular flexibility index (Phi) is 4.11. The maximum Gasteiger partial charge on any atom is 0.277 e. The molecule has 0 aliphatic heterocycles. The summed E-state index contributed by atoms with van der Waals surface area (Å²) in [6.07, 6.45) is 2.33. The second-order valence-corrected chi connectivity index (χ2v) is 6.23. The summed E-state index contributed by atoms with van der Waals surface area (Å²) in [7, 11) is -3.45. The molecule has 15 heavy (non-hydrogen) atoms. The lowest BCUT2D eigenvalue weighted by Crippen LogP contribution is -2.50. The Morgan fingerprint density at radius 2 is 1.93 bits per heavy atom. The smallest absolute Gasteiger partial charge is 0.277 e. The standard InChI is InChI=1S/C9H20N2O3S/c1-8(2)6-10-15(13,14)11-7-9(12)4-3-5-9/h8,10-12H,3-7H2,1-2H3. The van der Waals surface area contributed by atoms with E-state index in [0.717, 1.165) is 6.42 Å². The molecule has 1 aliphatic carbocycles. The normalized spacial score (nSPS) is 20.3. The third-order valence-corrected chi connectivity index (χ3v) is 3.63. The van der Waals surface area contributed by atoms with Crippen LogP contribution in [-0.4, -0.2) is 32.2 Å². The van der Waals surface area contributed by atoms with Gasteiger partial charge in [0.05, 0.1) is 5.60 Å². The summed E-state index contributed by atoms with van der Waals surface area (Å²) >= 11 is 0. The molecule has 0 bridgehead atoms. The molecule has 0 atom stereocenters. The maximum atomic E-state index is 11.4. The maximum absolute atomic E-state index is 11.4. The second kappa shape index (κ2) is 4.78. The van der Waals surface area contributed by atoms with Crippen LogP contribution in [0.2, 0.25) is 0 Å². The Labute approximate surface area is 91.4 Å². The molecule has 0 heterocycles. The van der Waals surface area contributed by atoms with Gasteiger partial charge in [-0.25, -0.2) is 4.72 Å². The summed E-state index contributed by atoms with van der Waals surface area (Å²) in [6.45, 7) is 4.39. The zero-order chi connectivity index (χ0) is 11.5. The van der Waals surface area contributed by atoms with Gasteiger partial charge in [0.1, 0.15) is 0 Å². The van der Waals surface area contributed by atoms with Crippen LogP contribution in [0, 0.1) is 5.92 Å². The van der Waals surface area contributed by atoms with Crippen molar-refractivity contribution in [3.05, 3.63) is 0 Å². The van der Waals surface area contributed by atoms with Gasteiger partial charge in [0.15, 0.2) is 0 Å². The van der Waals surface area contributed by atoms with Crippen molar-refractivity contribution in [3.63, 3.8) is 0 Å². The van der Waals surface area contributed by atoms with Crippen molar-refractivity contribution >= 4 is 10.2 Å².